The van der Waals surface area contributed by atoms with Gasteiger partial charge in [0.25, 0.3) is 0 Å². The van der Waals surface area contributed by atoms with E-state index >= 15 is 0 Å². The van der Waals surface area contributed by atoms with Crippen molar-refractivity contribution in [1.82, 2.24) is 15.0 Å². The van der Waals surface area contributed by atoms with Crippen LogP contribution in [-0.4, -0.2) is 53.8 Å². The number of anilines is 2. The van der Waals surface area contributed by atoms with Gasteiger partial charge in [-0.1, -0.05) is 12.8 Å². The van der Waals surface area contributed by atoms with Crippen molar-refractivity contribution in [2.75, 3.05) is 42.6 Å². The third-order valence-corrected chi connectivity index (χ3v) is 4.41. The van der Waals surface area contributed by atoms with Gasteiger partial charge >= 0.3 is 0 Å². The molecule has 1 aromatic rings. The first kappa shape index (κ1) is 14.8. The molecule has 1 aliphatic carbocycles. The van der Waals surface area contributed by atoms with Gasteiger partial charge in [-0.25, -0.2) is 0 Å². The van der Waals surface area contributed by atoms with Gasteiger partial charge in [-0.05, 0) is 31.4 Å². The van der Waals surface area contributed by atoms with Crippen LogP contribution >= 0.6 is 11.6 Å². The Hall–Kier alpha value is -1.14. The van der Waals surface area contributed by atoms with Crippen LogP contribution in [0.2, 0.25) is 5.28 Å². The summed E-state index contributed by atoms with van der Waals surface area (Å²) in [7, 11) is 0. The van der Waals surface area contributed by atoms with Gasteiger partial charge in [-0.3, -0.25) is 0 Å². The number of ether oxygens (including phenoxy) is 1. The molecule has 0 aromatic carbocycles. The van der Waals surface area contributed by atoms with E-state index in [9.17, 15) is 0 Å². The predicted octanol–water partition coefficient (Wildman–Crippen LogP) is 2.13. The van der Waals surface area contributed by atoms with Crippen LogP contribution in [0.25, 0.3) is 0 Å². The lowest BCUT2D eigenvalue weighted by atomic mass is 10.2. The Kier molecular flexibility index (Phi) is 4.75. The van der Waals surface area contributed by atoms with Crippen molar-refractivity contribution in [1.29, 1.82) is 0 Å². The number of rotatable bonds is 4. The molecule has 21 heavy (non-hydrogen) atoms. The standard InChI is InChI=1S/C14H22ClN5O/c1-2-20(11-5-3-4-6-11)14-17-12(15)16-13(18-14)19-7-9-21-10-8-19/h11H,2-10H2,1H3. The van der Waals surface area contributed by atoms with Crippen molar-refractivity contribution in [2.24, 2.45) is 0 Å². The van der Waals surface area contributed by atoms with Crippen LogP contribution < -0.4 is 9.80 Å². The number of hydrogen-bond acceptors (Lipinski definition) is 6. The highest BCUT2D eigenvalue weighted by Gasteiger charge is 2.25. The molecule has 0 amide bonds. The predicted molar refractivity (Wildman–Crippen MR) is 83.1 cm³/mol. The van der Waals surface area contributed by atoms with E-state index in [0.717, 1.165) is 19.6 Å². The summed E-state index contributed by atoms with van der Waals surface area (Å²) in [6.07, 6.45) is 5.00. The quantitative estimate of drug-likeness (QED) is 0.849. The normalized spacial score (nSPS) is 20.0. The summed E-state index contributed by atoms with van der Waals surface area (Å²) in [5.41, 5.74) is 0. The maximum absolute atomic E-state index is 6.13. The molecule has 0 spiro atoms. The molecule has 3 rings (SSSR count). The fourth-order valence-corrected chi connectivity index (χ4v) is 3.29. The Morgan fingerprint density at radius 1 is 1.19 bits per heavy atom. The molecule has 2 heterocycles. The smallest absolute Gasteiger partial charge is 0.231 e. The number of morpholine rings is 1. The Bertz CT molecular complexity index is 474. The summed E-state index contributed by atoms with van der Waals surface area (Å²) in [4.78, 5) is 17.7. The maximum atomic E-state index is 6.13. The molecule has 0 atom stereocenters. The van der Waals surface area contributed by atoms with Gasteiger partial charge in [0, 0.05) is 25.7 Å². The molecule has 1 saturated carbocycles. The third-order valence-electron chi connectivity index (χ3n) is 4.24. The van der Waals surface area contributed by atoms with Crippen LogP contribution in [0.1, 0.15) is 32.6 Å². The molecule has 0 unspecified atom stereocenters. The fourth-order valence-electron chi connectivity index (χ4n) is 3.14. The molecule has 2 fully saturated rings. The summed E-state index contributed by atoms with van der Waals surface area (Å²) in [5.74, 6) is 1.38. The molecular weight excluding hydrogens is 290 g/mol. The van der Waals surface area contributed by atoms with Crippen molar-refractivity contribution < 1.29 is 4.74 Å². The number of aromatic nitrogens is 3. The lowest BCUT2D eigenvalue weighted by molar-refractivity contribution is 0.122. The monoisotopic (exact) mass is 311 g/mol. The van der Waals surface area contributed by atoms with Gasteiger partial charge in [0.1, 0.15) is 0 Å². The van der Waals surface area contributed by atoms with Gasteiger partial charge < -0.3 is 14.5 Å². The van der Waals surface area contributed by atoms with Crippen LogP contribution in [0.3, 0.4) is 0 Å². The van der Waals surface area contributed by atoms with E-state index in [-0.39, 0.29) is 5.28 Å². The van der Waals surface area contributed by atoms with Crippen LogP contribution in [-0.2, 0) is 4.74 Å². The van der Waals surface area contributed by atoms with E-state index in [0.29, 0.717) is 31.2 Å². The van der Waals surface area contributed by atoms with Gasteiger partial charge in [-0.15, -0.1) is 0 Å². The number of halogens is 1. The van der Waals surface area contributed by atoms with E-state index in [4.69, 9.17) is 16.3 Å². The zero-order chi connectivity index (χ0) is 14.7. The van der Waals surface area contributed by atoms with Crippen molar-refractivity contribution in [3.05, 3.63) is 5.28 Å². The first-order valence-electron chi connectivity index (χ1n) is 7.79. The summed E-state index contributed by atoms with van der Waals surface area (Å²) in [6, 6.07) is 0.533. The first-order valence-corrected chi connectivity index (χ1v) is 8.16. The molecule has 0 radical (unpaired) electrons. The molecule has 1 aromatic heterocycles. The number of hydrogen-bond donors (Lipinski definition) is 0. The van der Waals surface area contributed by atoms with E-state index < -0.39 is 0 Å². The second kappa shape index (κ2) is 6.75. The van der Waals surface area contributed by atoms with E-state index in [1.807, 2.05) is 0 Å². The summed E-state index contributed by atoms with van der Waals surface area (Å²) in [6.45, 7) is 6.06. The molecule has 116 valence electrons. The van der Waals surface area contributed by atoms with E-state index in [1.54, 1.807) is 0 Å². The minimum absolute atomic E-state index is 0.276. The lowest BCUT2D eigenvalue weighted by Gasteiger charge is -2.30. The average Bonchev–Trinajstić information content (AvgIpc) is 3.02. The van der Waals surface area contributed by atoms with E-state index in [2.05, 4.69) is 31.7 Å². The summed E-state index contributed by atoms with van der Waals surface area (Å²) in [5, 5.41) is 0.276. The largest absolute Gasteiger partial charge is 0.378 e. The molecular formula is C14H22ClN5O. The highest BCUT2D eigenvalue weighted by Crippen LogP contribution is 2.27. The van der Waals surface area contributed by atoms with Crippen molar-refractivity contribution >= 4 is 23.5 Å². The Balaban J connectivity index is 1.85. The second-order valence-electron chi connectivity index (χ2n) is 5.53. The number of nitrogens with zero attached hydrogens (tertiary/aromatic N) is 5. The van der Waals surface area contributed by atoms with Crippen molar-refractivity contribution in [3.8, 4) is 0 Å². The van der Waals surface area contributed by atoms with Gasteiger partial charge in [0.2, 0.25) is 17.2 Å². The fraction of sp³-hybridized carbons (Fsp3) is 0.786. The van der Waals surface area contributed by atoms with Crippen LogP contribution in [0.4, 0.5) is 11.9 Å². The summed E-state index contributed by atoms with van der Waals surface area (Å²) >= 11 is 6.13. The molecule has 1 saturated heterocycles. The first-order chi connectivity index (χ1) is 10.3. The highest BCUT2D eigenvalue weighted by molar-refractivity contribution is 6.28. The summed E-state index contributed by atoms with van der Waals surface area (Å²) < 4.78 is 5.38. The Labute approximate surface area is 130 Å². The molecule has 0 bridgehead atoms. The van der Waals surface area contributed by atoms with Crippen LogP contribution in [0, 0.1) is 0 Å². The molecule has 2 aliphatic rings. The SMILES string of the molecule is CCN(c1nc(Cl)nc(N2CCOCC2)n1)C1CCCC1. The Morgan fingerprint density at radius 2 is 1.90 bits per heavy atom. The second-order valence-corrected chi connectivity index (χ2v) is 5.87. The Morgan fingerprint density at radius 3 is 2.57 bits per heavy atom. The minimum Gasteiger partial charge on any atom is -0.378 e. The molecule has 6 nitrogen and oxygen atoms in total. The van der Waals surface area contributed by atoms with Crippen molar-refractivity contribution in [3.63, 3.8) is 0 Å². The third kappa shape index (κ3) is 3.37. The van der Waals surface area contributed by atoms with Gasteiger partial charge in [0.15, 0.2) is 0 Å². The molecule has 7 heteroatoms. The van der Waals surface area contributed by atoms with Gasteiger partial charge in [0.05, 0.1) is 13.2 Å². The molecule has 0 N–H and O–H groups in total. The zero-order valence-electron chi connectivity index (χ0n) is 12.5. The van der Waals surface area contributed by atoms with Crippen LogP contribution in [0.5, 0.6) is 0 Å². The van der Waals surface area contributed by atoms with Crippen molar-refractivity contribution in [2.45, 2.75) is 38.6 Å². The minimum atomic E-state index is 0.276. The molecule has 1 aliphatic heterocycles. The van der Waals surface area contributed by atoms with Crippen LogP contribution in [0.15, 0.2) is 0 Å². The van der Waals surface area contributed by atoms with Gasteiger partial charge in [-0.2, -0.15) is 15.0 Å². The van der Waals surface area contributed by atoms with E-state index in [1.165, 1.54) is 25.7 Å². The maximum Gasteiger partial charge on any atom is 0.231 e. The topological polar surface area (TPSA) is 54.4 Å². The average molecular weight is 312 g/mol. The lowest BCUT2D eigenvalue weighted by Crippen LogP contribution is -2.39. The highest BCUT2D eigenvalue weighted by atomic mass is 35.5. The zero-order valence-corrected chi connectivity index (χ0v) is 13.2.